The number of halogens is 3. The molecule has 0 bridgehead atoms. The first-order chi connectivity index (χ1) is 14.5. The number of thiazole rings is 1. The van der Waals surface area contributed by atoms with E-state index in [0.29, 0.717) is 37.8 Å². The standard InChI is InChI=1S/C21H20Cl3N3O2S/c22-14-5-6-16(23)15(13-14)20(28)27(8-2-7-26-9-11-29-12-10-26)21-25-19-17(24)3-1-4-18(19)30-21/h1,3-6,13H,2,7-12H2. The first-order valence-electron chi connectivity index (χ1n) is 9.65. The van der Waals surface area contributed by atoms with E-state index in [-0.39, 0.29) is 5.91 Å². The number of hydrogen-bond acceptors (Lipinski definition) is 5. The van der Waals surface area contributed by atoms with Crippen molar-refractivity contribution in [3.8, 4) is 0 Å². The number of ether oxygens (including phenoxy) is 1. The number of hydrogen-bond donors (Lipinski definition) is 0. The fourth-order valence-corrected chi connectivity index (χ4v) is 5.05. The van der Waals surface area contributed by atoms with Gasteiger partial charge in [-0.15, -0.1) is 0 Å². The molecule has 1 aliphatic rings. The van der Waals surface area contributed by atoms with Crippen molar-refractivity contribution in [1.82, 2.24) is 9.88 Å². The predicted molar refractivity (Wildman–Crippen MR) is 125 cm³/mol. The zero-order valence-corrected chi connectivity index (χ0v) is 19.2. The second-order valence-corrected chi connectivity index (χ2v) is 9.23. The van der Waals surface area contributed by atoms with Crippen LogP contribution < -0.4 is 4.90 Å². The molecule has 4 rings (SSSR count). The molecule has 1 fully saturated rings. The largest absolute Gasteiger partial charge is 0.379 e. The van der Waals surface area contributed by atoms with Crippen LogP contribution in [0.2, 0.25) is 15.1 Å². The molecule has 0 saturated carbocycles. The number of fused-ring (bicyclic) bond motifs is 1. The SMILES string of the molecule is O=C(c1cc(Cl)ccc1Cl)N(CCCN1CCOCC1)c1nc2c(Cl)cccc2s1. The maximum absolute atomic E-state index is 13.4. The number of carbonyl (C=O) groups excluding carboxylic acids is 1. The van der Waals surface area contributed by atoms with Crippen LogP contribution in [0.25, 0.3) is 10.2 Å². The van der Waals surface area contributed by atoms with Gasteiger partial charge in [-0.2, -0.15) is 0 Å². The summed E-state index contributed by atoms with van der Waals surface area (Å²) < 4.78 is 6.34. The molecule has 0 N–H and O–H groups in total. The van der Waals surface area contributed by atoms with Crippen LogP contribution in [0.15, 0.2) is 36.4 Å². The van der Waals surface area contributed by atoms with Gasteiger partial charge in [0.05, 0.1) is 33.5 Å². The van der Waals surface area contributed by atoms with E-state index >= 15 is 0 Å². The van der Waals surface area contributed by atoms with E-state index in [1.807, 2.05) is 12.1 Å². The summed E-state index contributed by atoms with van der Waals surface area (Å²) in [6.45, 7) is 4.70. The Morgan fingerprint density at radius 3 is 2.70 bits per heavy atom. The number of amides is 1. The van der Waals surface area contributed by atoms with E-state index < -0.39 is 0 Å². The third-order valence-electron chi connectivity index (χ3n) is 4.95. The average molecular weight is 485 g/mol. The number of aromatic nitrogens is 1. The van der Waals surface area contributed by atoms with Crippen LogP contribution in [-0.2, 0) is 4.74 Å². The Morgan fingerprint density at radius 1 is 1.13 bits per heavy atom. The zero-order valence-electron chi connectivity index (χ0n) is 16.1. The fourth-order valence-electron chi connectivity index (χ4n) is 3.39. The smallest absolute Gasteiger partial charge is 0.261 e. The Hall–Kier alpha value is -1.41. The molecule has 0 radical (unpaired) electrons. The van der Waals surface area contributed by atoms with Crippen LogP contribution in [0.5, 0.6) is 0 Å². The number of rotatable bonds is 6. The summed E-state index contributed by atoms with van der Waals surface area (Å²) in [5.41, 5.74) is 1.06. The van der Waals surface area contributed by atoms with Gasteiger partial charge in [0, 0.05) is 31.2 Å². The summed E-state index contributed by atoms with van der Waals surface area (Å²) in [7, 11) is 0. The molecular weight excluding hydrogens is 465 g/mol. The minimum absolute atomic E-state index is 0.223. The summed E-state index contributed by atoms with van der Waals surface area (Å²) in [4.78, 5) is 22.1. The van der Waals surface area contributed by atoms with Crippen LogP contribution in [0.3, 0.4) is 0 Å². The molecule has 1 aliphatic heterocycles. The second-order valence-electron chi connectivity index (χ2n) is 6.97. The lowest BCUT2D eigenvalue weighted by atomic mass is 10.2. The Kier molecular flexibility index (Phi) is 7.13. The van der Waals surface area contributed by atoms with Gasteiger partial charge in [0.1, 0.15) is 5.52 Å². The molecule has 1 aromatic heterocycles. The van der Waals surface area contributed by atoms with Crippen molar-refractivity contribution in [1.29, 1.82) is 0 Å². The number of benzene rings is 2. The Balaban J connectivity index is 1.62. The maximum atomic E-state index is 13.4. The van der Waals surface area contributed by atoms with E-state index in [4.69, 9.17) is 39.5 Å². The van der Waals surface area contributed by atoms with E-state index in [9.17, 15) is 4.79 Å². The van der Waals surface area contributed by atoms with Crippen LogP contribution in [0, 0.1) is 0 Å². The van der Waals surface area contributed by atoms with Crippen molar-refractivity contribution in [2.45, 2.75) is 6.42 Å². The van der Waals surface area contributed by atoms with Crippen LogP contribution in [0.1, 0.15) is 16.8 Å². The van der Waals surface area contributed by atoms with Crippen LogP contribution in [-0.4, -0.2) is 55.2 Å². The van der Waals surface area contributed by atoms with Crippen molar-refractivity contribution in [3.05, 3.63) is 57.0 Å². The number of nitrogens with zero attached hydrogens (tertiary/aromatic N) is 3. The van der Waals surface area contributed by atoms with Crippen molar-refractivity contribution in [3.63, 3.8) is 0 Å². The van der Waals surface area contributed by atoms with Crippen molar-refractivity contribution < 1.29 is 9.53 Å². The van der Waals surface area contributed by atoms with Gasteiger partial charge in [0.25, 0.3) is 5.91 Å². The highest BCUT2D eigenvalue weighted by Gasteiger charge is 2.24. The number of anilines is 1. The highest BCUT2D eigenvalue weighted by atomic mass is 35.5. The molecule has 3 aromatic rings. The van der Waals surface area contributed by atoms with Crippen molar-refractivity contribution >= 4 is 67.4 Å². The van der Waals surface area contributed by atoms with E-state index in [1.54, 1.807) is 29.2 Å². The minimum atomic E-state index is -0.223. The number of morpholine rings is 1. The summed E-state index contributed by atoms with van der Waals surface area (Å²) in [6, 6.07) is 10.5. The highest BCUT2D eigenvalue weighted by molar-refractivity contribution is 7.22. The van der Waals surface area contributed by atoms with E-state index in [0.717, 1.165) is 44.0 Å². The third-order valence-corrected chi connectivity index (χ3v) is 6.87. The summed E-state index contributed by atoms with van der Waals surface area (Å²) in [6.07, 6.45) is 0.799. The third kappa shape index (κ3) is 4.90. The molecule has 9 heteroatoms. The molecule has 0 spiro atoms. The average Bonchev–Trinajstić information content (AvgIpc) is 3.18. The molecule has 2 aromatic carbocycles. The molecule has 1 amide bonds. The quantitative estimate of drug-likeness (QED) is 0.455. The van der Waals surface area contributed by atoms with Gasteiger partial charge in [-0.3, -0.25) is 14.6 Å². The molecule has 30 heavy (non-hydrogen) atoms. The molecule has 5 nitrogen and oxygen atoms in total. The van der Waals surface area contributed by atoms with Gasteiger partial charge in [-0.05, 0) is 36.8 Å². The lowest BCUT2D eigenvalue weighted by Crippen LogP contribution is -2.39. The summed E-state index contributed by atoms with van der Waals surface area (Å²) in [5.74, 6) is -0.223. The van der Waals surface area contributed by atoms with E-state index in [2.05, 4.69) is 9.88 Å². The first-order valence-corrected chi connectivity index (χ1v) is 11.6. The van der Waals surface area contributed by atoms with Gasteiger partial charge < -0.3 is 4.74 Å². The highest BCUT2D eigenvalue weighted by Crippen LogP contribution is 2.34. The van der Waals surface area contributed by atoms with Crippen molar-refractivity contribution in [2.24, 2.45) is 0 Å². The second kappa shape index (κ2) is 9.81. The van der Waals surface area contributed by atoms with Gasteiger partial charge in [-0.25, -0.2) is 4.98 Å². The Bertz CT molecular complexity index is 1050. The topological polar surface area (TPSA) is 45.7 Å². The number of para-hydroxylation sites is 1. The normalized spacial score (nSPS) is 14.9. The molecule has 0 atom stereocenters. The molecule has 2 heterocycles. The Labute approximate surface area is 194 Å². The van der Waals surface area contributed by atoms with Crippen molar-refractivity contribution in [2.75, 3.05) is 44.3 Å². The summed E-state index contributed by atoms with van der Waals surface area (Å²) in [5, 5.41) is 1.99. The number of carbonyl (C=O) groups is 1. The first kappa shape index (κ1) is 21.8. The Morgan fingerprint density at radius 2 is 1.93 bits per heavy atom. The summed E-state index contributed by atoms with van der Waals surface area (Å²) >= 11 is 20.2. The van der Waals surface area contributed by atoms with Gasteiger partial charge in [-0.1, -0.05) is 52.2 Å². The zero-order chi connectivity index (χ0) is 21.1. The molecule has 158 valence electrons. The predicted octanol–water partition coefficient (Wildman–Crippen LogP) is 5.63. The van der Waals surface area contributed by atoms with Gasteiger partial charge in [0.2, 0.25) is 0 Å². The van der Waals surface area contributed by atoms with Gasteiger partial charge >= 0.3 is 0 Å². The van der Waals surface area contributed by atoms with Crippen LogP contribution >= 0.6 is 46.1 Å². The van der Waals surface area contributed by atoms with Crippen LogP contribution in [0.4, 0.5) is 5.13 Å². The van der Waals surface area contributed by atoms with E-state index in [1.165, 1.54) is 11.3 Å². The molecule has 1 saturated heterocycles. The van der Waals surface area contributed by atoms with Gasteiger partial charge in [0.15, 0.2) is 5.13 Å². The fraction of sp³-hybridized carbons (Fsp3) is 0.333. The molecule has 0 aliphatic carbocycles. The lowest BCUT2D eigenvalue weighted by molar-refractivity contribution is 0.0376. The molecular formula is C21H20Cl3N3O2S. The monoisotopic (exact) mass is 483 g/mol. The molecule has 0 unspecified atom stereocenters. The lowest BCUT2D eigenvalue weighted by Gasteiger charge is -2.27. The minimum Gasteiger partial charge on any atom is -0.379 e. The maximum Gasteiger partial charge on any atom is 0.261 e.